The van der Waals surface area contributed by atoms with Gasteiger partial charge in [-0.2, -0.15) is 9.97 Å². The number of hydrogen-bond acceptors (Lipinski definition) is 7. The summed E-state index contributed by atoms with van der Waals surface area (Å²) < 4.78 is 5.79. The molecule has 168 valence electrons. The topological polar surface area (TPSA) is 148 Å². The Bertz CT molecular complexity index is 1270. The zero-order valence-corrected chi connectivity index (χ0v) is 18.0. The number of nitrogens with one attached hydrogen (secondary N) is 3. The molecule has 0 saturated carbocycles. The lowest BCUT2D eigenvalue weighted by molar-refractivity contribution is -0.119. The first-order valence-corrected chi connectivity index (χ1v) is 10.3. The van der Waals surface area contributed by atoms with E-state index in [1.807, 2.05) is 36.4 Å². The molecule has 5 N–H and O–H groups in total. The molecule has 0 bridgehead atoms. The summed E-state index contributed by atoms with van der Waals surface area (Å²) in [5, 5.41) is 5.63. The molecule has 4 rings (SSSR count). The van der Waals surface area contributed by atoms with Crippen LogP contribution < -0.4 is 21.1 Å². The highest BCUT2D eigenvalue weighted by molar-refractivity contribution is 5.94. The van der Waals surface area contributed by atoms with Crippen LogP contribution in [0.25, 0.3) is 11.2 Å². The summed E-state index contributed by atoms with van der Waals surface area (Å²) in [5.41, 5.74) is 10.1. The van der Waals surface area contributed by atoms with Crippen LogP contribution in [0.4, 0.5) is 5.95 Å². The van der Waals surface area contributed by atoms with Crippen molar-refractivity contribution in [2.24, 2.45) is 0 Å². The molecule has 0 aliphatic heterocycles. The van der Waals surface area contributed by atoms with Crippen molar-refractivity contribution < 1.29 is 14.3 Å². The molecule has 0 fully saturated rings. The van der Waals surface area contributed by atoms with Crippen molar-refractivity contribution in [3.8, 4) is 5.88 Å². The fraction of sp³-hybridized carbons (Fsp3) is 0.174. The van der Waals surface area contributed by atoms with E-state index in [0.29, 0.717) is 42.3 Å². The van der Waals surface area contributed by atoms with E-state index in [1.54, 1.807) is 12.1 Å². The van der Waals surface area contributed by atoms with E-state index in [4.69, 9.17) is 10.5 Å². The molecular formula is C23H23N7O3. The van der Waals surface area contributed by atoms with Gasteiger partial charge in [-0.25, -0.2) is 4.98 Å². The zero-order valence-electron chi connectivity index (χ0n) is 18.0. The van der Waals surface area contributed by atoms with E-state index >= 15 is 0 Å². The van der Waals surface area contributed by atoms with Crippen molar-refractivity contribution in [3.63, 3.8) is 0 Å². The molecule has 0 atom stereocenters. The molecule has 10 heteroatoms. The van der Waals surface area contributed by atoms with Crippen LogP contribution in [0.5, 0.6) is 5.88 Å². The van der Waals surface area contributed by atoms with Crippen molar-refractivity contribution >= 4 is 28.9 Å². The summed E-state index contributed by atoms with van der Waals surface area (Å²) in [6.07, 6.45) is 1.51. The number of imidazole rings is 1. The van der Waals surface area contributed by atoms with Gasteiger partial charge in [0, 0.05) is 25.6 Å². The number of aromatic amines is 1. The number of aromatic nitrogens is 4. The van der Waals surface area contributed by atoms with E-state index in [-0.39, 0.29) is 17.8 Å². The summed E-state index contributed by atoms with van der Waals surface area (Å²) in [6.45, 7) is 2.59. The third kappa shape index (κ3) is 5.62. The number of carbonyl (C=O) groups is 2. The Morgan fingerprint density at radius 2 is 1.58 bits per heavy atom. The quantitative estimate of drug-likeness (QED) is 0.324. The van der Waals surface area contributed by atoms with Gasteiger partial charge in [0.25, 0.3) is 5.91 Å². The fourth-order valence-corrected chi connectivity index (χ4v) is 3.12. The summed E-state index contributed by atoms with van der Waals surface area (Å²) in [7, 11) is 0. The van der Waals surface area contributed by atoms with E-state index in [1.165, 1.54) is 13.3 Å². The maximum atomic E-state index is 12.4. The standard InChI is InChI=1S/C23H23N7O3/c1-14(31)25-10-16-6-8-18(9-7-16)21(32)26-11-15-2-4-17(5-3-15)12-33-22-19-20(28-13-27-19)29-23(24)30-22/h2-9,13H,10-12H2,1H3,(H,25,31)(H,26,32)(H3,24,27,28,29,30). The maximum absolute atomic E-state index is 12.4. The van der Waals surface area contributed by atoms with Crippen LogP contribution in [-0.2, 0) is 24.5 Å². The largest absolute Gasteiger partial charge is 0.471 e. The highest BCUT2D eigenvalue weighted by Gasteiger charge is 2.10. The second-order valence-corrected chi connectivity index (χ2v) is 7.38. The second-order valence-electron chi connectivity index (χ2n) is 7.38. The van der Waals surface area contributed by atoms with Gasteiger partial charge < -0.3 is 26.1 Å². The van der Waals surface area contributed by atoms with Gasteiger partial charge in [0.05, 0.1) is 6.33 Å². The van der Waals surface area contributed by atoms with Gasteiger partial charge in [-0.1, -0.05) is 36.4 Å². The third-order valence-electron chi connectivity index (χ3n) is 4.88. The molecular weight excluding hydrogens is 422 g/mol. The first kappa shape index (κ1) is 21.8. The van der Waals surface area contributed by atoms with E-state index in [2.05, 4.69) is 30.6 Å². The molecule has 2 amide bonds. The minimum absolute atomic E-state index is 0.0942. The fourth-order valence-electron chi connectivity index (χ4n) is 3.12. The maximum Gasteiger partial charge on any atom is 0.251 e. The van der Waals surface area contributed by atoms with Crippen LogP contribution in [0.1, 0.15) is 34.0 Å². The predicted molar refractivity (Wildman–Crippen MR) is 122 cm³/mol. The van der Waals surface area contributed by atoms with Gasteiger partial charge in [-0.15, -0.1) is 0 Å². The Morgan fingerprint density at radius 3 is 2.27 bits per heavy atom. The van der Waals surface area contributed by atoms with Crippen molar-refractivity contribution in [2.45, 2.75) is 26.6 Å². The van der Waals surface area contributed by atoms with Crippen molar-refractivity contribution in [2.75, 3.05) is 5.73 Å². The van der Waals surface area contributed by atoms with Crippen LogP contribution in [-0.4, -0.2) is 31.8 Å². The lowest BCUT2D eigenvalue weighted by Gasteiger charge is -2.09. The number of fused-ring (bicyclic) bond motifs is 1. The number of nitrogens with two attached hydrogens (primary N) is 1. The van der Waals surface area contributed by atoms with E-state index in [9.17, 15) is 9.59 Å². The monoisotopic (exact) mass is 445 g/mol. The number of amides is 2. The molecule has 0 aliphatic carbocycles. The van der Waals surface area contributed by atoms with Crippen molar-refractivity contribution in [1.29, 1.82) is 0 Å². The number of rotatable bonds is 8. The van der Waals surface area contributed by atoms with Gasteiger partial charge >= 0.3 is 0 Å². The number of benzene rings is 2. The molecule has 0 spiro atoms. The molecule has 2 aromatic carbocycles. The number of nitrogen functional groups attached to an aromatic ring is 1. The van der Waals surface area contributed by atoms with E-state index < -0.39 is 0 Å². The molecule has 0 saturated heterocycles. The lowest BCUT2D eigenvalue weighted by Crippen LogP contribution is -2.23. The summed E-state index contributed by atoms with van der Waals surface area (Å²) >= 11 is 0. The number of ether oxygens (including phenoxy) is 1. The average molecular weight is 445 g/mol. The third-order valence-corrected chi connectivity index (χ3v) is 4.88. The zero-order chi connectivity index (χ0) is 23.2. The highest BCUT2D eigenvalue weighted by Crippen LogP contribution is 2.21. The Hall–Kier alpha value is -4.47. The Kier molecular flexibility index (Phi) is 6.44. The number of nitrogens with zero attached hydrogens (tertiary/aromatic N) is 3. The number of carbonyl (C=O) groups excluding carboxylic acids is 2. The summed E-state index contributed by atoms with van der Waals surface area (Å²) in [4.78, 5) is 38.5. The first-order valence-electron chi connectivity index (χ1n) is 10.3. The van der Waals surface area contributed by atoms with Gasteiger partial charge in [-0.05, 0) is 28.8 Å². The summed E-state index contributed by atoms with van der Waals surface area (Å²) in [6, 6.07) is 14.8. The predicted octanol–water partition coefficient (Wildman–Crippen LogP) is 2.08. The average Bonchev–Trinajstić information content (AvgIpc) is 3.29. The minimum Gasteiger partial charge on any atom is -0.471 e. The first-order chi connectivity index (χ1) is 16.0. The highest BCUT2D eigenvalue weighted by atomic mass is 16.5. The number of hydrogen-bond donors (Lipinski definition) is 4. The normalized spacial score (nSPS) is 10.7. The van der Waals surface area contributed by atoms with Gasteiger partial charge in [0.15, 0.2) is 5.65 Å². The molecule has 33 heavy (non-hydrogen) atoms. The van der Waals surface area contributed by atoms with Crippen LogP contribution in [0.3, 0.4) is 0 Å². The molecule has 10 nitrogen and oxygen atoms in total. The molecule has 2 aromatic heterocycles. The SMILES string of the molecule is CC(=O)NCc1ccc(C(=O)NCc2ccc(COc3nc(N)nc4nc[nH]c34)cc2)cc1. The minimum atomic E-state index is -0.168. The van der Waals surface area contributed by atoms with Crippen molar-refractivity contribution in [3.05, 3.63) is 77.1 Å². The van der Waals surface area contributed by atoms with Gasteiger partial charge in [0.2, 0.25) is 17.7 Å². The summed E-state index contributed by atoms with van der Waals surface area (Å²) in [5.74, 6) is 0.175. The number of anilines is 1. The van der Waals surface area contributed by atoms with Gasteiger partial charge in [-0.3, -0.25) is 9.59 Å². The molecule has 4 aromatic rings. The smallest absolute Gasteiger partial charge is 0.251 e. The molecule has 0 aliphatic rings. The molecule has 0 unspecified atom stereocenters. The Labute approximate surface area is 189 Å². The molecule has 0 radical (unpaired) electrons. The van der Waals surface area contributed by atoms with E-state index in [0.717, 1.165) is 16.7 Å². The van der Waals surface area contributed by atoms with Crippen LogP contribution in [0, 0.1) is 0 Å². The number of H-pyrrole nitrogens is 1. The van der Waals surface area contributed by atoms with Crippen LogP contribution in [0.2, 0.25) is 0 Å². The Balaban J connectivity index is 1.29. The lowest BCUT2D eigenvalue weighted by atomic mass is 10.1. The Morgan fingerprint density at radius 1 is 0.939 bits per heavy atom. The molecule has 2 heterocycles. The second kappa shape index (κ2) is 9.77. The van der Waals surface area contributed by atoms with Crippen LogP contribution >= 0.6 is 0 Å². The van der Waals surface area contributed by atoms with Crippen molar-refractivity contribution in [1.82, 2.24) is 30.6 Å². The van der Waals surface area contributed by atoms with Gasteiger partial charge in [0.1, 0.15) is 12.1 Å². The van der Waals surface area contributed by atoms with Crippen LogP contribution in [0.15, 0.2) is 54.9 Å².